The smallest absolute Gasteiger partial charge is 0.144 e. The Morgan fingerprint density at radius 2 is 2.12 bits per heavy atom. The molecule has 0 saturated heterocycles. The number of ketones is 1. The number of Topliss-reactive ketones (excluding diaryl/α,β-unsaturated/α-hetero) is 1. The summed E-state index contributed by atoms with van der Waals surface area (Å²) >= 11 is 0. The molecule has 1 heteroatoms. The Morgan fingerprint density at radius 3 is 2.84 bits per heavy atom. The van der Waals surface area contributed by atoms with E-state index < -0.39 is 0 Å². The molecule has 5 rings (SSSR count). The lowest BCUT2D eigenvalue weighted by Gasteiger charge is -2.40. The third-order valence-electron chi connectivity index (χ3n) is 7.28. The minimum Gasteiger partial charge on any atom is -0.299 e. The van der Waals surface area contributed by atoms with Crippen molar-refractivity contribution in [3.05, 3.63) is 58.7 Å². The van der Waals surface area contributed by atoms with Gasteiger partial charge >= 0.3 is 0 Å². The van der Waals surface area contributed by atoms with Crippen LogP contribution in [0.25, 0.3) is 10.8 Å². The molecule has 2 bridgehead atoms. The Balaban J connectivity index is 1.78. The average molecular weight is 330 g/mol. The highest BCUT2D eigenvalue weighted by atomic mass is 16.1. The van der Waals surface area contributed by atoms with Crippen molar-refractivity contribution < 1.29 is 4.79 Å². The zero-order chi connectivity index (χ0) is 17.2. The van der Waals surface area contributed by atoms with Crippen molar-refractivity contribution in [1.29, 1.82) is 0 Å². The lowest BCUT2D eigenvalue weighted by atomic mass is 9.61. The quantitative estimate of drug-likeness (QED) is 0.632. The number of aryl methyl sites for hydroxylation is 1. The lowest BCUT2D eigenvalue weighted by Crippen LogP contribution is -2.43. The van der Waals surface area contributed by atoms with Crippen molar-refractivity contribution >= 4 is 16.6 Å². The van der Waals surface area contributed by atoms with E-state index in [1.807, 2.05) is 0 Å². The number of hydrogen-bond acceptors (Lipinski definition) is 1. The number of benzene rings is 2. The number of allylic oxidation sites excluding steroid dienone is 2. The van der Waals surface area contributed by atoms with E-state index in [2.05, 4.69) is 50.3 Å². The molecule has 0 radical (unpaired) electrons. The van der Waals surface area contributed by atoms with E-state index in [0.29, 0.717) is 17.6 Å². The Hall–Kier alpha value is -1.89. The van der Waals surface area contributed by atoms with Gasteiger partial charge in [0.1, 0.15) is 5.78 Å². The van der Waals surface area contributed by atoms with Crippen LogP contribution in [0.5, 0.6) is 0 Å². The summed E-state index contributed by atoms with van der Waals surface area (Å²) < 4.78 is 0. The van der Waals surface area contributed by atoms with E-state index in [9.17, 15) is 4.79 Å². The SMILES string of the molecule is CCC(C)c1cccc2cc3c(cc12)C1(CC2=CCC1C2)C(=O)CC3. The van der Waals surface area contributed by atoms with Gasteiger partial charge in [-0.15, -0.1) is 0 Å². The molecule has 2 aromatic carbocycles. The van der Waals surface area contributed by atoms with Crippen LogP contribution in [-0.4, -0.2) is 5.78 Å². The molecule has 0 N–H and O–H groups in total. The molecular formula is C24H26O. The summed E-state index contributed by atoms with van der Waals surface area (Å²) in [4.78, 5) is 13.2. The highest BCUT2D eigenvalue weighted by molar-refractivity contribution is 5.97. The van der Waals surface area contributed by atoms with Gasteiger partial charge in [-0.2, -0.15) is 0 Å². The summed E-state index contributed by atoms with van der Waals surface area (Å²) in [5.41, 5.74) is 5.58. The minimum absolute atomic E-state index is 0.200. The fourth-order valence-electron chi connectivity index (χ4n) is 5.75. The van der Waals surface area contributed by atoms with E-state index in [4.69, 9.17) is 0 Å². The maximum atomic E-state index is 13.2. The summed E-state index contributed by atoms with van der Waals surface area (Å²) in [7, 11) is 0. The first kappa shape index (κ1) is 15.4. The Bertz CT molecular complexity index is 919. The van der Waals surface area contributed by atoms with Crippen LogP contribution in [0.15, 0.2) is 42.0 Å². The molecular weight excluding hydrogens is 304 g/mol. The van der Waals surface area contributed by atoms with Crippen LogP contribution >= 0.6 is 0 Å². The topological polar surface area (TPSA) is 17.1 Å². The van der Waals surface area contributed by atoms with Gasteiger partial charge in [0, 0.05) is 6.42 Å². The number of carbonyl (C=O) groups excluding carboxylic acids is 1. The zero-order valence-electron chi connectivity index (χ0n) is 15.3. The van der Waals surface area contributed by atoms with Crippen LogP contribution in [0, 0.1) is 5.92 Å². The minimum atomic E-state index is -0.200. The average Bonchev–Trinajstić information content (AvgIpc) is 3.25. The van der Waals surface area contributed by atoms with Gasteiger partial charge in [0.25, 0.3) is 0 Å². The van der Waals surface area contributed by atoms with Gasteiger partial charge in [-0.3, -0.25) is 4.79 Å². The Morgan fingerprint density at radius 1 is 1.24 bits per heavy atom. The molecule has 1 fully saturated rings. The maximum absolute atomic E-state index is 13.2. The molecule has 1 saturated carbocycles. The van der Waals surface area contributed by atoms with Crippen molar-refractivity contribution in [2.75, 3.05) is 0 Å². The summed E-state index contributed by atoms with van der Waals surface area (Å²) in [5.74, 6) is 1.58. The first-order chi connectivity index (χ1) is 12.1. The van der Waals surface area contributed by atoms with E-state index in [-0.39, 0.29) is 5.41 Å². The van der Waals surface area contributed by atoms with E-state index >= 15 is 0 Å². The van der Waals surface area contributed by atoms with Crippen molar-refractivity contribution in [2.45, 2.75) is 63.7 Å². The molecule has 0 heterocycles. The first-order valence-corrected chi connectivity index (χ1v) is 9.90. The van der Waals surface area contributed by atoms with Gasteiger partial charge in [0.15, 0.2) is 0 Å². The fraction of sp³-hybridized carbons (Fsp3) is 0.458. The predicted octanol–water partition coefficient (Wildman–Crippen LogP) is 5.85. The van der Waals surface area contributed by atoms with E-state index in [0.717, 1.165) is 38.5 Å². The number of rotatable bonds is 2. The number of carbonyl (C=O) groups is 1. The molecule has 2 aromatic rings. The summed E-state index contributed by atoms with van der Waals surface area (Å²) in [5, 5.41) is 2.73. The van der Waals surface area contributed by atoms with Gasteiger partial charge in [-0.05, 0) is 77.5 Å². The monoisotopic (exact) mass is 330 g/mol. The predicted molar refractivity (Wildman–Crippen MR) is 103 cm³/mol. The fourth-order valence-corrected chi connectivity index (χ4v) is 5.75. The van der Waals surface area contributed by atoms with Crippen LogP contribution in [0.1, 0.15) is 68.6 Å². The second-order valence-electron chi connectivity index (χ2n) is 8.46. The second kappa shape index (κ2) is 5.30. The molecule has 128 valence electrons. The summed E-state index contributed by atoms with van der Waals surface area (Å²) in [6.45, 7) is 4.58. The van der Waals surface area contributed by atoms with Crippen LogP contribution in [-0.2, 0) is 16.6 Å². The molecule has 3 unspecified atom stereocenters. The van der Waals surface area contributed by atoms with Gasteiger partial charge < -0.3 is 0 Å². The zero-order valence-corrected chi connectivity index (χ0v) is 15.3. The Kier molecular flexibility index (Phi) is 3.26. The van der Waals surface area contributed by atoms with Crippen LogP contribution in [0.2, 0.25) is 0 Å². The molecule has 0 aromatic heterocycles. The Labute approximate surface area is 150 Å². The molecule has 3 aliphatic rings. The van der Waals surface area contributed by atoms with Crippen molar-refractivity contribution in [1.82, 2.24) is 0 Å². The van der Waals surface area contributed by atoms with Crippen LogP contribution in [0.3, 0.4) is 0 Å². The van der Waals surface area contributed by atoms with Gasteiger partial charge in [-0.25, -0.2) is 0 Å². The van der Waals surface area contributed by atoms with Gasteiger partial charge in [-0.1, -0.05) is 49.8 Å². The number of fused-ring (bicyclic) bond motifs is 6. The lowest BCUT2D eigenvalue weighted by molar-refractivity contribution is -0.126. The molecule has 1 spiro atoms. The van der Waals surface area contributed by atoms with E-state index in [1.165, 1.54) is 33.0 Å². The van der Waals surface area contributed by atoms with Crippen molar-refractivity contribution in [2.24, 2.45) is 5.92 Å². The van der Waals surface area contributed by atoms with Gasteiger partial charge in [0.2, 0.25) is 0 Å². The highest BCUT2D eigenvalue weighted by Gasteiger charge is 2.55. The second-order valence-corrected chi connectivity index (χ2v) is 8.46. The van der Waals surface area contributed by atoms with Crippen LogP contribution in [0.4, 0.5) is 0 Å². The van der Waals surface area contributed by atoms with Crippen molar-refractivity contribution in [3.8, 4) is 0 Å². The summed E-state index contributed by atoms with van der Waals surface area (Å²) in [6.07, 6.45) is 8.43. The first-order valence-electron chi connectivity index (χ1n) is 9.90. The third-order valence-corrected chi connectivity index (χ3v) is 7.28. The normalized spacial score (nSPS) is 28.5. The molecule has 25 heavy (non-hydrogen) atoms. The van der Waals surface area contributed by atoms with E-state index in [1.54, 1.807) is 0 Å². The number of hydrogen-bond donors (Lipinski definition) is 0. The maximum Gasteiger partial charge on any atom is 0.144 e. The molecule has 3 atom stereocenters. The molecule has 1 nitrogen and oxygen atoms in total. The van der Waals surface area contributed by atoms with Crippen LogP contribution < -0.4 is 0 Å². The molecule has 3 aliphatic carbocycles. The largest absolute Gasteiger partial charge is 0.299 e. The third kappa shape index (κ3) is 1.99. The highest BCUT2D eigenvalue weighted by Crippen LogP contribution is 2.57. The van der Waals surface area contributed by atoms with Crippen molar-refractivity contribution in [3.63, 3.8) is 0 Å². The standard InChI is InChI=1S/C24H26O/c1-3-15(2)20-6-4-5-17-12-18-8-10-23(25)24(22(18)13-21(17)20)14-16-7-9-19(24)11-16/h4-7,12-13,15,19H,3,8-11,14H2,1-2H3. The molecule has 0 aliphatic heterocycles. The summed E-state index contributed by atoms with van der Waals surface area (Å²) in [6, 6.07) is 11.5. The molecule has 0 amide bonds. The van der Waals surface area contributed by atoms with Gasteiger partial charge in [0.05, 0.1) is 5.41 Å².